The molecule has 0 unspecified atom stereocenters. The van der Waals surface area contributed by atoms with Gasteiger partial charge in [-0.1, -0.05) is 18.2 Å². The molecule has 0 saturated carbocycles. The fourth-order valence-electron chi connectivity index (χ4n) is 3.53. The normalized spacial score (nSPS) is 17.7. The number of rotatable bonds is 6. The van der Waals surface area contributed by atoms with Gasteiger partial charge in [0.2, 0.25) is 15.9 Å². The Balaban J connectivity index is 1.70. The van der Waals surface area contributed by atoms with E-state index in [0.29, 0.717) is 30.7 Å². The average Bonchev–Trinajstić information content (AvgIpc) is 2.75. The average molecular weight is 421 g/mol. The third-order valence-electron chi connectivity index (χ3n) is 5.17. The summed E-state index contributed by atoms with van der Waals surface area (Å²) in [6.07, 6.45) is 1.20. The molecular weight excluding hydrogens is 395 g/mol. The first-order valence-electron chi connectivity index (χ1n) is 9.45. The van der Waals surface area contributed by atoms with Gasteiger partial charge < -0.3 is 9.64 Å². The third-order valence-corrected chi connectivity index (χ3v) is 7.05. The molecule has 2 aromatic carbocycles. The minimum atomic E-state index is -3.70. The number of nitrogens with zero attached hydrogens (tertiary/aromatic N) is 2. The first-order valence-corrected chi connectivity index (χ1v) is 10.9. The topological polar surface area (TPSA) is 66.9 Å². The number of methoxy groups -OCH3 is 1. The molecule has 6 nitrogen and oxygen atoms in total. The quantitative estimate of drug-likeness (QED) is 0.721. The monoisotopic (exact) mass is 420 g/mol. The number of piperidine rings is 1. The predicted octanol–water partition coefficient (Wildman–Crippen LogP) is 2.89. The van der Waals surface area contributed by atoms with E-state index in [9.17, 15) is 17.6 Å². The second kappa shape index (κ2) is 8.92. The minimum Gasteiger partial charge on any atom is -0.497 e. The van der Waals surface area contributed by atoms with Crippen molar-refractivity contribution in [2.75, 3.05) is 27.2 Å². The van der Waals surface area contributed by atoms with Crippen LogP contribution in [0, 0.1) is 11.7 Å². The molecule has 0 spiro atoms. The number of halogens is 1. The Bertz CT molecular complexity index is 963. The molecule has 1 aliphatic rings. The molecule has 1 fully saturated rings. The minimum absolute atomic E-state index is 0.120. The number of hydrogen-bond acceptors (Lipinski definition) is 4. The van der Waals surface area contributed by atoms with E-state index in [1.165, 1.54) is 34.5 Å². The molecule has 156 valence electrons. The zero-order chi connectivity index (χ0) is 21.0. The second-order valence-electron chi connectivity index (χ2n) is 7.16. The maximum absolute atomic E-state index is 13.9. The van der Waals surface area contributed by atoms with E-state index in [0.717, 1.165) is 0 Å². The van der Waals surface area contributed by atoms with Crippen molar-refractivity contribution in [2.24, 2.45) is 5.92 Å². The molecule has 0 aromatic heterocycles. The Morgan fingerprint density at radius 1 is 1.21 bits per heavy atom. The largest absolute Gasteiger partial charge is 0.497 e. The van der Waals surface area contributed by atoms with Gasteiger partial charge in [0.05, 0.1) is 17.9 Å². The summed E-state index contributed by atoms with van der Waals surface area (Å²) >= 11 is 0. The molecule has 1 amide bonds. The molecule has 0 N–H and O–H groups in total. The highest BCUT2D eigenvalue weighted by molar-refractivity contribution is 7.89. The summed E-state index contributed by atoms with van der Waals surface area (Å²) in [5, 5.41) is 0. The summed E-state index contributed by atoms with van der Waals surface area (Å²) in [5.41, 5.74) is 0.432. The van der Waals surface area contributed by atoms with E-state index in [1.54, 1.807) is 37.4 Å². The van der Waals surface area contributed by atoms with Crippen molar-refractivity contribution in [2.45, 2.75) is 24.3 Å². The fraction of sp³-hybridized carbons (Fsp3) is 0.381. The van der Waals surface area contributed by atoms with Crippen LogP contribution in [-0.2, 0) is 21.4 Å². The van der Waals surface area contributed by atoms with Crippen LogP contribution in [0.25, 0.3) is 0 Å². The molecule has 2 aromatic rings. The number of amides is 1. The van der Waals surface area contributed by atoms with Gasteiger partial charge in [0, 0.05) is 32.2 Å². The van der Waals surface area contributed by atoms with Crippen molar-refractivity contribution in [3.8, 4) is 5.75 Å². The van der Waals surface area contributed by atoms with Crippen LogP contribution in [-0.4, -0.2) is 50.8 Å². The molecule has 1 heterocycles. The molecule has 1 saturated heterocycles. The molecule has 29 heavy (non-hydrogen) atoms. The summed E-state index contributed by atoms with van der Waals surface area (Å²) in [6.45, 7) is 0.636. The zero-order valence-electron chi connectivity index (χ0n) is 16.5. The van der Waals surface area contributed by atoms with Crippen LogP contribution < -0.4 is 4.74 Å². The first-order chi connectivity index (χ1) is 13.8. The lowest BCUT2D eigenvalue weighted by Crippen LogP contribution is -2.45. The summed E-state index contributed by atoms with van der Waals surface area (Å²) < 4.78 is 46.3. The van der Waals surface area contributed by atoms with Crippen molar-refractivity contribution < 1.29 is 22.3 Å². The Morgan fingerprint density at radius 3 is 2.55 bits per heavy atom. The number of carbonyl (C=O) groups is 1. The molecule has 0 aliphatic carbocycles. The Hall–Kier alpha value is -2.45. The Morgan fingerprint density at radius 2 is 1.90 bits per heavy atom. The summed E-state index contributed by atoms with van der Waals surface area (Å²) in [4.78, 5) is 14.5. The highest BCUT2D eigenvalue weighted by Crippen LogP contribution is 2.26. The molecule has 3 rings (SSSR count). The van der Waals surface area contributed by atoms with Crippen molar-refractivity contribution >= 4 is 15.9 Å². The number of hydrogen-bond donors (Lipinski definition) is 0. The highest BCUT2D eigenvalue weighted by atomic mass is 32.2. The van der Waals surface area contributed by atoms with Crippen LogP contribution in [0.15, 0.2) is 53.4 Å². The maximum Gasteiger partial charge on any atom is 0.243 e. The van der Waals surface area contributed by atoms with Gasteiger partial charge in [-0.3, -0.25) is 4.79 Å². The van der Waals surface area contributed by atoms with Gasteiger partial charge >= 0.3 is 0 Å². The van der Waals surface area contributed by atoms with Crippen LogP contribution in [0.4, 0.5) is 4.39 Å². The molecule has 0 bridgehead atoms. The second-order valence-corrected chi connectivity index (χ2v) is 9.10. The van der Waals surface area contributed by atoms with E-state index in [1.807, 2.05) is 0 Å². The number of benzene rings is 2. The predicted molar refractivity (Wildman–Crippen MR) is 107 cm³/mol. The smallest absolute Gasteiger partial charge is 0.243 e. The van der Waals surface area contributed by atoms with Gasteiger partial charge in [0.1, 0.15) is 11.6 Å². The third kappa shape index (κ3) is 4.76. The van der Waals surface area contributed by atoms with Crippen molar-refractivity contribution in [1.82, 2.24) is 9.21 Å². The van der Waals surface area contributed by atoms with Gasteiger partial charge in [0.25, 0.3) is 0 Å². The van der Waals surface area contributed by atoms with Crippen molar-refractivity contribution in [3.63, 3.8) is 0 Å². The van der Waals surface area contributed by atoms with Crippen LogP contribution in [0.1, 0.15) is 18.4 Å². The van der Waals surface area contributed by atoms with Crippen molar-refractivity contribution in [3.05, 3.63) is 59.9 Å². The van der Waals surface area contributed by atoms with Crippen LogP contribution in [0.5, 0.6) is 5.75 Å². The van der Waals surface area contributed by atoms with Crippen LogP contribution >= 0.6 is 0 Å². The highest BCUT2D eigenvalue weighted by Gasteiger charge is 2.34. The van der Waals surface area contributed by atoms with E-state index < -0.39 is 15.9 Å². The summed E-state index contributed by atoms with van der Waals surface area (Å²) in [7, 11) is -0.565. The van der Waals surface area contributed by atoms with Crippen LogP contribution in [0.3, 0.4) is 0 Å². The maximum atomic E-state index is 13.9. The molecule has 1 aliphatic heterocycles. The van der Waals surface area contributed by atoms with E-state index in [2.05, 4.69) is 0 Å². The molecule has 1 atom stereocenters. The van der Waals surface area contributed by atoms with Crippen molar-refractivity contribution in [1.29, 1.82) is 0 Å². The summed E-state index contributed by atoms with van der Waals surface area (Å²) in [5.74, 6) is -0.415. The van der Waals surface area contributed by atoms with E-state index in [4.69, 9.17) is 4.74 Å². The van der Waals surface area contributed by atoms with Gasteiger partial charge in [0.15, 0.2) is 0 Å². The zero-order valence-corrected chi connectivity index (χ0v) is 17.4. The number of carbonyl (C=O) groups excluding carboxylic acids is 1. The number of ether oxygens (including phenoxy) is 1. The van der Waals surface area contributed by atoms with Crippen LogP contribution in [0.2, 0.25) is 0 Å². The first kappa shape index (κ1) is 21.3. The Labute approximate surface area is 170 Å². The van der Waals surface area contributed by atoms with Gasteiger partial charge in [-0.05, 0) is 43.2 Å². The Kier molecular flexibility index (Phi) is 6.54. The number of sulfonamides is 1. The van der Waals surface area contributed by atoms with Gasteiger partial charge in [-0.15, -0.1) is 0 Å². The van der Waals surface area contributed by atoms with E-state index in [-0.39, 0.29) is 29.7 Å². The lowest BCUT2D eigenvalue weighted by molar-refractivity contribution is -0.135. The fourth-order valence-corrected chi connectivity index (χ4v) is 5.05. The molecule has 0 radical (unpaired) electrons. The molecule has 8 heteroatoms. The SMILES string of the molecule is COc1ccc(S(=O)(=O)N2CCC[C@H](C(=O)N(C)Cc3ccccc3F)C2)cc1. The lowest BCUT2D eigenvalue weighted by atomic mass is 9.98. The van der Waals surface area contributed by atoms with E-state index >= 15 is 0 Å². The summed E-state index contributed by atoms with van der Waals surface area (Å²) in [6, 6.07) is 12.5. The van der Waals surface area contributed by atoms with Gasteiger partial charge in [-0.25, -0.2) is 12.8 Å². The van der Waals surface area contributed by atoms with Gasteiger partial charge in [-0.2, -0.15) is 4.31 Å². The lowest BCUT2D eigenvalue weighted by Gasteiger charge is -2.33. The standard InChI is InChI=1S/C21H25FN2O4S/c1-23(14-16-6-3-4-8-20(16)22)21(25)17-7-5-13-24(15-17)29(26,27)19-11-9-18(28-2)10-12-19/h3-4,6,8-12,17H,5,7,13-15H2,1-2H3/t17-/m0/s1. The molecular formula is C21H25FN2O4S.